The monoisotopic (exact) mass is 419 g/mol. The molecule has 0 atom stereocenters. The van der Waals surface area contributed by atoms with Gasteiger partial charge in [0.25, 0.3) is 5.91 Å². The molecule has 0 unspecified atom stereocenters. The number of hydrogen-bond donors (Lipinski definition) is 2. The van der Waals surface area contributed by atoms with Gasteiger partial charge in [0.2, 0.25) is 10.0 Å². The number of rotatable bonds is 8. The van der Waals surface area contributed by atoms with E-state index in [0.717, 1.165) is 38.6 Å². The number of halogens is 1. The molecule has 1 aromatic carbocycles. The summed E-state index contributed by atoms with van der Waals surface area (Å²) < 4.78 is 33.0. The summed E-state index contributed by atoms with van der Waals surface area (Å²) in [6.45, 7) is 2.34. The summed E-state index contributed by atoms with van der Waals surface area (Å²) in [5.74, 6) is -0.0166. The van der Waals surface area contributed by atoms with Crippen LogP contribution in [0.3, 0.4) is 0 Å². The van der Waals surface area contributed by atoms with Crippen LogP contribution in [0.5, 0.6) is 5.75 Å². The second-order valence-corrected chi connectivity index (χ2v) is 8.30. The quantitative estimate of drug-likeness (QED) is 0.629. The highest BCUT2D eigenvalue weighted by Gasteiger charge is 2.29. The molecule has 1 amide bonds. The molecule has 154 valence electrons. The fourth-order valence-corrected chi connectivity index (χ4v) is 4.71. The minimum atomic E-state index is -3.69. The number of carbonyl (C=O) groups excluding carboxylic acids is 1. The van der Waals surface area contributed by atoms with Crippen LogP contribution >= 0.6 is 12.4 Å². The van der Waals surface area contributed by atoms with Gasteiger partial charge in [0.15, 0.2) is 0 Å². The topological polar surface area (TPSA) is 87.7 Å². The molecule has 1 saturated heterocycles. The molecular weight excluding hydrogens is 390 g/mol. The Morgan fingerprint density at radius 2 is 1.81 bits per heavy atom. The van der Waals surface area contributed by atoms with E-state index < -0.39 is 10.0 Å². The third-order valence-corrected chi connectivity index (χ3v) is 6.42. The van der Waals surface area contributed by atoms with E-state index in [4.69, 9.17) is 4.74 Å². The van der Waals surface area contributed by atoms with Gasteiger partial charge in [0, 0.05) is 25.2 Å². The van der Waals surface area contributed by atoms with Crippen molar-refractivity contribution in [1.82, 2.24) is 14.9 Å². The Balaban J connectivity index is 0.00000364. The Morgan fingerprint density at radius 3 is 2.41 bits per heavy atom. The van der Waals surface area contributed by atoms with Crippen LogP contribution in [0.4, 0.5) is 0 Å². The molecule has 0 aliphatic carbocycles. The number of hydrogen-bond acceptors (Lipinski definition) is 5. The van der Waals surface area contributed by atoms with Crippen LogP contribution in [0, 0.1) is 0 Å². The van der Waals surface area contributed by atoms with Crippen molar-refractivity contribution in [3.63, 3.8) is 0 Å². The van der Waals surface area contributed by atoms with Crippen molar-refractivity contribution in [3.8, 4) is 5.75 Å². The highest BCUT2D eigenvalue weighted by Crippen LogP contribution is 2.29. The number of sulfonamides is 1. The predicted octanol–water partition coefficient (Wildman–Crippen LogP) is 2.02. The Kier molecular flexibility index (Phi) is 10.1. The molecule has 2 rings (SSSR count). The molecule has 1 aliphatic heterocycles. The molecule has 1 heterocycles. The summed E-state index contributed by atoms with van der Waals surface area (Å²) in [6.07, 6.45) is 4.59. The number of nitrogens with one attached hydrogen (secondary N) is 2. The number of benzene rings is 1. The van der Waals surface area contributed by atoms with Gasteiger partial charge in [-0.25, -0.2) is 8.42 Å². The van der Waals surface area contributed by atoms with Crippen LogP contribution in [0.25, 0.3) is 0 Å². The molecule has 27 heavy (non-hydrogen) atoms. The lowest BCUT2D eigenvalue weighted by Crippen LogP contribution is -2.32. The van der Waals surface area contributed by atoms with Crippen molar-refractivity contribution in [1.29, 1.82) is 0 Å². The lowest BCUT2D eigenvalue weighted by molar-refractivity contribution is 0.0953. The predicted molar refractivity (Wildman–Crippen MR) is 108 cm³/mol. The van der Waals surface area contributed by atoms with E-state index in [0.29, 0.717) is 25.2 Å². The Bertz CT molecular complexity index is 705. The van der Waals surface area contributed by atoms with Gasteiger partial charge in [0.05, 0.1) is 7.11 Å². The SMILES string of the molecule is CNCCCNC(=O)c1ccc(OC)c(S(=O)(=O)N2CCCCCC2)c1.Cl. The third kappa shape index (κ3) is 6.34. The molecular formula is C18H30ClN3O4S. The zero-order valence-electron chi connectivity index (χ0n) is 16.0. The Morgan fingerprint density at radius 1 is 1.15 bits per heavy atom. The van der Waals surface area contributed by atoms with Gasteiger partial charge in [-0.05, 0) is 51.1 Å². The maximum atomic E-state index is 13.1. The zero-order chi connectivity index (χ0) is 19.0. The average Bonchev–Trinajstić information content (AvgIpc) is 2.94. The number of methoxy groups -OCH3 is 1. The maximum Gasteiger partial charge on any atom is 0.251 e. The molecule has 0 bridgehead atoms. The van der Waals surface area contributed by atoms with Crippen LogP contribution in [0.15, 0.2) is 23.1 Å². The molecule has 1 aromatic rings. The van der Waals surface area contributed by atoms with E-state index in [-0.39, 0.29) is 29.0 Å². The van der Waals surface area contributed by atoms with Crippen molar-refractivity contribution in [2.45, 2.75) is 37.0 Å². The first kappa shape index (κ1) is 23.7. The molecule has 2 N–H and O–H groups in total. The molecule has 0 radical (unpaired) electrons. The molecule has 0 spiro atoms. The first-order chi connectivity index (χ1) is 12.5. The van der Waals surface area contributed by atoms with E-state index in [1.54, 1.807) is 12.1 Å². The second-order valence-electron chi connectivity index (χ2n) is 6.40. The summed E-state index contributed by atoms with van der Waals surface area (Å²) in [5, 5.41) is 5.83. The van der Waals surface area contributed by atoms with Crippen molar-refractivity contribution < 1.29 is 17.9 Å². The molecule has 1 aliphatic rings. The standard InChI is InChI=1S/C18H29N3O4S.ClH/c1-19-10-7-11-20-18(22)15-8-9-16(25-2)17(14-15)26(23,24)21-12-5-3-4-6-13-21;/h8-9,14,19H,3-7,10-13H2,1-2H3,(H,20,22);1H. The number of amides is 1. The van der Waals surface area contributed by atoms with Crippen molar-refractivity contribution >= 4 is 28.3 Å². The summed E-state index contributed by atoms with van der Waals surface area (Å²) in [4.78, 5) is 12.4. The highest BCUT2D eigenvalue weighted by molar-refractivity contribution is 7.89. The summed E-state index contributed by atoms with van der Waals surface area (Å²) in [7, 11) is -0.404. The van der Waals surface area contributed by atoms with Crippen LogP contribution in [-0.4, -0.2) is 59.0 Å². The fraction of sp³-hybridized carbons (Fsp3) is 0.611. The minimum Gasteiger partial charge on any atom is -0.495 e. The Hall–Kier alpha value is -1.35. The van der Waals surface area contributed by atoms with Gasteiger partial charge in [-0.15, -0.1) is 12.4 Å². The van der Waals surface area contributed by atoms with Crippen LogP contribution < -0.4 is 15.4 Å². The Labute approximate surface area is 168 Å². The molecule has 9 heteroatoms. The first-order valence-corrected chi connectivity index (χ1v) is 10.6. The van der Waals surface area contributed by atoms with E-state index in [1.165, 1.54) is 17.5 Å². The number of carbonyl (C=O) groups is 1. The first-order valence-electron chi connectivity index (χ1n) is 9.11. The van der Waals surface area contributed by atoms with Gasteiger partial charge in [0.1, 0.15) is 10.6 Å². The van der Waals surface area contributed by atoms with Crippen molar-refractivity contribution in [2.24, 2.45) is 0 Å². The van der Waals surface area contributed by atoms with E-state index >= 15 is 0 Å². The maximum absolute atomic E-state index is 13.1. The lowest BCUT2D eigenvalue weighted by Gasteiger charge is -2.21. The van der Waals surface area contributed by atoms with Crippen molar-refractivity contribution in [2.75, 3.05) is 40.3 Å². The van der Waals surface area contributed by atoms with E-state index in [9.17, 15) is 13.2 Å². The smallest absolute Gasteiger partial charge is 0.251 e. The molecule has 0 saturated carbocycles. The normalized spacial score (nSPS) is 15.5. The average molecular weight is 420 g/mol. The van der Waals surface area contributed by atoms with Gasteiger partial charge >= 0.3 is 0 Å². The third-order valence-electron chi connectivity index (χ3n) is 4.50. The van der Waals surface area contributed by atoms with Gasteiger partial charge in [-0.1, -0.05) is 12.8 Å². The molecule has 7 nitrogen and oxygen atoms in total. The summed E-state index contributed by atoms with van der Waals surface area (Å²) in [6, 6.07) is 4.56. The summed E-state index contributed by atoms with van der Waals surface area (Å²) in [5.41, 5.74) is 0.323. The number of nitrogens with zero attached hydrogens (tertiary/aromatic N) is 1. The van der Waals surface area contributed by atoms with Crippen molar-refractivity contribution in [3.05, 3.63) is 23.8 Å². The highest BCUT2D eigenvalue weighted by atomic mass is 35.5. The largest absolute Gasteiger partial charge is 0.495 e. The van der Waals surface area contributed by atoms with Gasteiger partial charge in [-0.2, -0.15) is 4.31 Å². The molecule has 0 aromatic heterocycles. The van der Waals surface area contributed by atoms with Crippen LogP contribution in [0.2, 0.25) is 0 Å². The van der Waals surface area contributed by atoms with Crippen LogP contribution in [0.1, 0.15) is 42.5 Å². The van der Waals surface area contributed by atoms with E-state index in [2.05, 4.69) is 10.6 Å². The number of ether oxygens (including phenoxy) is 1. The minimum absolute atomic E-state index is 0. The van der Waals surface area contributed by atoms with E-state index in [1.807, 2.05) is 7.05 Å². The second kappa shape index (κ2) is 11.5. The lowest BCUT2D eigenvalue weighted by atomic mass is 10.2. The van der Waals surface area contributed by atoms with Crippen LogP contribution in [-0.2, 0) is 10.0 Å². The van der Waals surface area contributed by atoms with Gasteiger partial charge < -0.3 is 15.4 Å². The fourth-order valence-electron chi connectivity index (χ4n) is 3.01. The molecule has 1 fully saturated rings. The van der Waals surface area contributed by atoms with Gasteiger partial charge in [-0.3, -0.25) is 4.79 Å². The summed E-state index contributed by atoms with van der Waals surface area (Å²) >= 11 is 0. The zero-order valence-corrected chi connectivity index (χ0v) is 17.6.